The lowest BCUT2D eigenvalue weighted by Crippen LogP contribution is -2.45. The third-order valence-electron chi connectivity index (χ3n) is 4.35. The van der Waals surface area contributed by atoms with Crippen molar-refractivity contribution in [3.8, 4) is 0 Å². The van der Waals surface area contributed by atoms with Crippen molar-refractivity contribution in [2.24, 2.45) is 0 Å². The Morgan fingerprint density at radius 2 is 1.96 bits per heavy atom. The summed E-state index contributed by atoms with van der Waals surface area (Å²) in [6, 6.07) is 10.1. The van der Waals surface area contributed by atoms with Crippen molar-refractivity contribution < 1.29 is 9.18 Å². The SMILES string of the molecule is Cc1cn2cc(C(=O)N3CC[C@H]3c3ccc(F)cc3)ccc2n1. The van der Waals surface area contributed by atoms with Gasteiger partial charge in [0.1, 0.15) is 11.5 Å². The lowest BCUT2D eigenvalue weighted by Gasteiger charge is -2.41. The summed E-state index contributed by atoms with van der Waals surface area (Å²) in [5.41, 5.74) is 3.37. The summed E-state index contributed by atoms with van der Waals surface area (Å²) in [4.78, 5) is 18.9. The van der Waals surface area contributed by atoms with Crippen molar-refractivity contribution in [1.82, 2.24) is 14.3 Å². The maximum absolute atomic E-state index is 13.1. The van der Waals surface area contributed by atoms with Crippen LogP contribution in [-0.4, -0.2) is 26.7 Å². The van der Waals surface area contributed by atoms with Crippen LogP contribution in [0, 0.1) is 12.7 Å². The summed E-state index contributed by atoms with van der Waals surface area (Å²) in [6.45, 7) is 2.65. The van der Waals surface area contributed by atoms with Crippen molar-refractivity contribution in [2.75, 3.05) is 6.54 Å². The number of hydrogen-bond donors (Lipinski definition) is 0. The minimum Gasteiger partial charge on any atom is -0.331 e. The van der Waals surface area contributed by atoms with E-state index in [1.54, 1.807) is 12.1 Å². The first kappa shape index (κ1) is 13.9. The van der Waals surface area contributed by atoms with E-state index in [0.29, 0.717) is 5.56 Å². The van der Waals surface area contributed by atoms with E-state index in [-0.39, 0.29) is 17.8 Å². The van der Waals surface area contributed by atoms with Gasteiger partial charge in [-0.15, -0.1) is 0 Å². The summed E-state index contributed by atoms with van der Waals surface area (Å²) in [5, 5.41) is 0. The molecule has 1 fully saturated rings. The fraction of sp³-hybridized carbons (Fsp3) is 0.222. The zero-order valence-electron chi connectivity index (χ0n) is 12.7. The van der Waals surface area contributed by atoms with Gasteiger partial charge in [-0.2, -0.15) is 0 Å². The topological polar surface area (TPSA) is 37.6 Å². The van der Waals surface area contributed by atoms with Crippen molar-refractivity contribution in [3.05, 3.63) is 71.4 Å². The second-order valence-electron chi connectivity index (χ2n) is 5.92. The Kier molecular flexibility index (Phi) is 3.15. The Morgan fingerprint density at radius 1 is 1.17 bits per heavy atom. The molecule has 0 spiro atoms. The smallest absolute Gasteiger partial charge is 0.255 e. The summed E-state index contributed by atoms with van der Waals surface area (Å²) in [6.07, 6.45) is 4.63. The zero-order chi connectivity index (χ0) is 16.0. The molecule has 3 aromatic rings. The van der Waals surface area contributed by atoms with Crippen LogP contribution in [0.5, 0.6) is 0 Å². The Bertz CT molecular complexity index is 885. The molecule has 1 aliphatic heterocycles. The number of hydrogen-bond acceptors (Lipinski definition) is 2. The molecular weight excluding hydrogens is 293 g/mol. The van der Waals surface area contributed by atoms with Crippen molar-refractivity contribution in [3.63, 3.8) is 0 Å². The summed E-state index contributed by atoms with van der Waals surface area (Å²) < 4.78 is 14.9. The van der Waals surface area contributed by atoms with Gasteiger partial charge in [-0.25, -0.2) is 9.37 Å². The molecule has 1 saturated heterocycles. The highest BCUT2D eigenvalue weighted by Crippen LogP contribution is 2.34. The molecule has 0 aliphatic carbocycles. The summed E-state index contributed by atoms with van der Waals surface area (Å²) >= 11 is 0. The second-order valence-corrected chi connectivity index (χ2v) is 5.92. The number of imidazole rings is 1. The van der Waals surface area contributed by atoms with Gasteiger partial charge in [-0.3, -0.25) is 4.79 Å². The molecule has 1 aromatic carbocycles. The standard InChI is InChI=1S/C18H16FN3O/c1-12-10-21-11-14(4-7-17(21)20-12)18(23)22-9-8-16(22)13-2-5-15(19)6-3-13/h2-7,10-11,16H,8-9H2,1H3/t16-/m0/s1. The van der Waals surface area contributed by atoms with Crippen LogP contribution in [0.1, 0.15) is 34.1 Å². The normalized spacial score (nSPS) is 17.3. The number of aromatic nitrogens is 2. The number of amides is 1. The van der Waals surface area contributed by atoms with E-state index in [2.05, 4.69) is 4.98 Å². The molecule has 23 heavy (non-hydrogen) atoms. The molecule has 1 atom stereocenters. The van der Waals surface area contributed by atoms with E-state index < -0.39 is 0 Å². The highest BCUT2D eigenvalue weighted by atomic mass is 19.1. The summed E-state index contributed by atoms with van der Waals surface area (Å²) in [7, 11) is 0. The number of carbonyl (C=O) groups excluding carboxylic acids is 1. The number of carbonyl (C=O) groups is 1. The minimum atomic E-state index is -0.258. The van der Waals surface area contributed by atoms with Gasteiger partial charge in [0, 0.05) is 18.9 Å². The molecule has 0 unspecified atom stereocenters. The third kappa shape index (κ3) is 2.38. The Morgan fingerprint density at radius 3 is 2.65 bits per heavy atom. The van der Waals surface area contributed by atoms with Crippen LogP contribution in [-0.2, 0) is 0 Å². The van der Waals surface area contributed by atoms with Gasteiger partial charge in [-0.05, 0) is 43.2 Å². The molecule has 0 radical (unpaired) electrons. The monoisotopic (exact) mass is 309 g/mol. The number of nitrogens with zero attached hydrogens (tertiary/aromatic N) is 3. The highest BCUT2D eigenvalue weighted by molar-refractivity contribution is 5.95. The first-order chi connectivity index (χ1) is 11.1. The van der Waals surface area contributed by atoms with E-state index >= 15 is 0 Å². The number of halogens is 1. The van der Waals surface area contributed by atoms with Crippen LogP contribution in [0.25, 0.3) is 5.65 Å². The minimum absolute atomic E-state index is 0.00109. The maximum Gasteiger partial charge on any atom is 0.255 e. The quantitative estimate of drug-likeness (QED) is 0.728. The van der Waals surface area contributed by atoms with E-state index in [9.17, 15) is 9.18 Å². The fourth-order valence-electron chi connectivity index (χ4n) is 3.07. The van der Waals surface area contributed by atoms with E-state index in [1.165, 1.54) is 12.1 Å². The second kappa shape index (κ2) is 5.19. The van der Waals surface area contributed by atoms with Crippen molar-refractivity contribution >= 4 is 11.6 Å². The van der Waals surface area contributed by atoms with Crippen LogP contribution < -0.4 is 0 Å². The van der Waals surface area contributed by atoms with Gasteiger partial charge in [0.15, 0.2) is 0 Å². The third-order valence-corrected chi connectivity index (χ3v) is 4.35. The molecule has 5 heteroatoms. The molecule has 3 heterocycles. The predicted octanol–water partition coefficient (Wildman–Crippen LogP) is 3.37. The predicted molar refractivity (Wildman–Crippen MR) is 84.7 cm³/mol. The first-order valence-corrected chi connectivity index (χ1v) is 7.63. The largest absolute Gasteiger partial charge is 0.331 e. The number of fused-ring (bicyclic) bond motifs is 1. The van der Waals surface area contributed by atoms with Gasteiger partial charge in [0.25, 0.3) is 5.91 Å². The van der Waals surface area contributed by atoms with Gasteiger partial charge in [0.2, 0.25) is 0 Å². The van der Waals surface area contributed by atoms with Crippen LogP contribution in [0.3, 0.4) is 0 Å². The number of rotatable bonds is 2. The molecule has 0 bridgehead atoms. The lowest BCUT2D eigenvalue weighted by molar-refractivity contribution is 0.0460. The van der Waals surface area contributed by atoms with E-state index in [0.717, 1.165) is 29.9 Å². The molecule has 0 N–H and O–H groups in total. The van der Waals surface area contributed by atoms with Gasteiger partial charge in [0.05, 0.1) is 17.3 Å². The van der Waals surface area contributed by atoms with Crippen LogP contribution in [0.2, 0.25) is 0 Å². The number of pyridine rings is 1. The Labute approximate surface area is 133 Å². The number of aryl methyl sites for hydroxylation is 1. The number of benzene rings is 1. The maximum atomic E-state index is 13.1. The molecular formula is C18H16FN3O. The van der Waals surface area contributed by atoms with Crippen LogP contribution in [0.4, 0.5) is 4.39 Å². The summed E-state index contributed by atoms with van der Waals surface area (Å²) in [5.74, 6) is -0.259. The van der Waals surface area contributed by atoms with Crippen LogP contribution in [0.15, 0.2) is 48.8 Å². The molecule has 2 aromatic heterocycles. The average molecular weight is 309 g/mol. The molecule has 4 nitrogen and oxygen atoms in total. The van der Waals surface area contributed by atoms with Crippen molar-refractivity contribution in [2.45, 2.75) is 19.4 Å². The van der Waals surface area contributed by atoms with E-state index in [4.69, 9.17) is 0 Å². The number of likely N-dealkylation sites (tertiary alicyclic amines) is 1. The van der Waals surface area contributed by atoms with Gasteiger partial charge >= 0.3 is 0 Å². The highest BCUT2D eigenvalue weighted by Gasteiger charge is 2.33. The zero-order valence-corrected chi connectivity index (χ0v) is 12.7. The van der Waals surface area contributed by atoms with Crippen molar-refractivity contribution in [1.29, 1.82) is 0 Å². The Hall–Kier alpha value is -2.69. The molecule has 1 amide bonds. The Balaban J connectivity index is 1.61. The van der Waals surface area contributed by atoms with Gasteiger partial charge < -0.3 is 9.30 Å². The molecule has 0 saturated carbocycles. The fourth-order valence-corrected chi connectivity index (χ4v) is 3.07. The van der Waals surface area contributed by atoms with E-state index in [1.807, 2.05) is 40.8 Å². The van der Waals surface area contributed by atoms with Gasteiger partial charge in [-0.1, -0.05) is 12.1 Å². The molecule has 116 valence electrons. The lowest BCUT2D eigenvalue weighted by atomic mass is 9.94. The first-order valence-electron chi connectivity index (χ1n) is 7.63. The van der Waals surface area contributed by atoms with Crippen LogP contribution >= 0.6 is 0 Å². The average Bonchev–Trinajstić information content (AvgIpc) is 2.87. The molecule has 1 aliphatic rings. The molecule has 4 rings (SSSR count).